The maximum absolute atomic E-state index is 11.3. The largest absolute Gasteiger partial charge is 0.354 e. The fraction of sp³-hybridized carbons (Fsp3) is 0.364. The van der Waals surface area contributed by atoms with Crippen LogP contribution in [0.15, 0.2) is 24.5 Å². The Hall–Kier alpha value is -1.95. The van der Waals surface area contributed by atoms with Crippen LogP contribution in [0.2, 0.25) is 0 Å². The lowest BCUT2D eigenvalue weighted by Gasteiger charge is -2.05. The van der Waals surface area contributed by atoms with E-state index in [2.05, 4.69) is 15.6 Å². The first-order chi connectivity index (χ1) is 8.22. The van der Waals surface area contributed by atoms with Crippen molar-refractivity contribution in [3.63, 3.8) is 0 Å². The van der Waals surface area contributed by atoms with Crippen LogP contribution in [0.1, 0.15) is 5.56 Å². The van der Waals surface area contributed by atoms with E-state index < -0.39 is 0 Å². The summed E-state index contributed by atoms with van der Waals surface area (Å²) >= 11 is 0. The van der Waals surface area contributed by atoms with Crippen LogP contribution in [0.5, 0.6) is 0 Å². The molecule has 4 N–H and O–H groups in total. The van der Waals surface area contributed by atoms with Gasteiger partial charge in [-0.1, -0.05) is 6.07 Å². The predicted molar refractivity (Wildman–Crippen MR) is 63.0 cm³/mol. The van der Waals surface area contributed by atoms with Gasteiger partial charge in [-0.05, 0) is 18.1 Å². The Labute approximate surface area is 99.6 Å². The molecule has 0 radical (unpaired) electrons. The minimum absolute atomic E-state index is 0.0386. The fourth-order valence-corrected chi connectivity index (χ4v) is 1.21. The molecule has 0 unspecified atom stereocenters. The molecule has 92 valence electrons. The molecular formula is C11H16N4O2. The number of hydrogen-bond acceptors (Lipinski definition) is 4. The maximum atomic E-state index is 11.3. The molecule has 1 aromatic heterocycles. The second-order valence-corrected chi connectivity index (χ2v) is 3.44. The van der Waals surface area contributed by atoms with Gasteiger partial charge in [-0.2, -0.15) is 0 Å². The SMILES string of the molecule is NCC(=O)NCC(=O)NCCc1cccnc1. The van der Waals surface area contributed by atoms with E-state index in [1.807, 2.05) is 12.1 Å². The Morgan fingerprint density at radius 1 is 1.29 bits per heavy atom. The van der Waals surface area contributed by atoms with E-state index in [0.717, 1.165) is 5.56 Å². The zero-order valence-corrected chi connectivity index (χ0v) is 9.48. The van der Waals surface area contributed by atoms with E-state index in [1.54, 1.807) is 12.4 Å². The topological polar surface area (TPSA) is 97.1 Å². The number of carbonyl (C=O) groups excluding carboxylic acids is 2. The van der Waals surface area contributed by atoms with E-state index in [9.17, 15) is 9.59 Å². The summed E-state index contributed by atoms with van der Waals surface area (Å²) in [7, 11) is 0. The Balaban J connectivity index is 2.14. The highest BCUT2D eigenvalue weighted by molar-refractivity contribution is 5.85. The van der Waals surface area contributed by atoms with E-state index in [1.165, 1.54) is 0 Å². The highest BCUT2D eigenvalue weighted by Gasteiger charge is 2.02. The van der Waals surface area contributed by atoms with Crippen LogP contribution < -0.4 is 16.4 Å². The van der Waals surface area contributed by atoms with Gasteiger partial charge in [-0.25, -0.2) is 0 Å². The molecule has 1 aromatic rings. The molecule has 6 heteroatoms. The van der Waals surface area contributed by atoms with Crippen LogP contribution in [-0.2, 0) is 16.0 Å². The first-order valence-electron chi connectivity index (χ1n) is 5.34. The van der Waals surface area contributed by atoms with Crippen LogP contribution >= 0.6 is 0 Å². The van der Waals surface area contributed by atoms with Gasteiger partial charge in [0.25, 0.3) is 0 Å². The van der Waals surface area contributed by atoms with Crippen LogP contribution in [0.4, 0.5) is 0 Å². The van der Waals surface area contributed by atoms with Gasteiger partial charge in [-0.3, -0.25) is 14.6 Å². The highest BCUT2D eigenvalue weighted by atomic mass is 16.2. The minimum atomic E-state index is -0.340. The summed E-state index contributed by atoms with van der Waals surface area (Å²) in [6, 6.07) is 3.79. The molecule has 0 aliphatic carbocycles. The summed E-state index contributed by atoms with van der Waals surface area (Å²) in [5.74, 6) is -0.567. The number of nitrogens with two attached hydrogens (primary N) is 1. The lowest BCUT2D eigenvalue weighted by molar-refractivity contribution is -0.125. The summed E-state index contributed by atoms with van der Waals surface area (Å²) < 4.78 is 0. The maximum Gasteiger partial charge on any atom is 0.239 e. The van der Waals surface area contributed by atoms with Crippen molar-refractivity contribution in [2.75, 3.05) is 19.6 Å². The van der Waals surface area contributed by atoms with Crippen molar-refractivity contribution in [1.82, 2.24) is 15.6 Å². The smallest absolute Gasteiger partial charge is 0.239 e. The third-order valence-electron chi connectivity index (χ3n) is 2.09. The average molecular weight is 236 g/mol. The van der Waals surface area contributed by atoms with Gasteiger partial charge >= 0.3 is 0 Å². The molecule has 1 rings (SSSR count). The van der Waals surface area contributed by atoms with Gasteiger partial charge in [-0.15, -0.1) is 0 Å². The van der Waals surface area contributed by atoms with Gasteiger partial charge in [0, 0.05) is 18.9 Å². The summed E-state index contributed by atoms with van der Waals surface area (Å²) in [4.78, 5) is 26.0. The number of rotatable bonds is 6. The fourth-order valence-electron chi connectivity index (χ4n) is 1.21. The van der Waals surface area contributed by atoms with Crippen molar-refractivity contribution in [2.24, 2.45) is 5.73 Å². The predicted octanol–water partition coefficient (Wildman–Crippen LogP) is -1.18. The van der Waals surface area contributed by atoms with E-state index in [0.29, 0.717) is 13.0 Å². The molecule has 0 saturated carbocycles. The van der Waals surface area contributed by atoms with Crippen LogP contribution in [0, 0.1) is 0 Å². The molecule has 1 heterocycles. The number of nitrogens with zero attached hydrogens (tertiary/aromatic N) is 1. The normalized spacial score (nSPS) is 9.71. The molecule has 0 bridgehead atoms. The highest BCUT2D eigenvalue weighted by Crippen LogP contribution is 1.94. The average Bonchev–Trinajstić information content (AvgIpc) is 2.37. The second-order valence-electron chi connectivity index (χ2n) is 3.44. The number of nitrogens with one attached hydrogen (secondary N) is 2. The molecule has 17 heavy (non-hydrogen) atoms. The quantitative estimate of drug-likeness (QED) is 0.579. The lowest BCUT2D eigenvalue weighted by Crippen LogP contribution is -2.40. The van der Waals surface area contributed by atoms with E-state index >= 15 is 0 Å². The number of amides is 2. The Morgan fingerprint density at radius 2 is 2.12 bits per heavy atom. The van der Waals surface area contributed by atoms with Crippen molar-refractivity contribution >= 4 is 11.8 Å². The summed E-state index contributed by atoms with van der Waals surface area (Å²) in [5.41, 5.74) is 6.14. The molecule has 2 amide bonds. The summed E-state index contributed by atoms with van der Waals surface area (Å²) in [6.07, 6.45) is 4.16. The van der Waals surface area contributed by atoms with Crippen molar-refractivity contribution in [3.8, 4) is 0 Å². The van der Waals surface area contributed by atoms with Crippen molar-refractivity contribution in [1.29, 1.82) is 0 Å². The monoisotopic (exact) mass is 236 g/mol. The molecule has 0 aromatic carbocycles. The Morgan fingerprint density at radius 3 is 2.76 bits per heavy atom. The van der Waals surface area contributed by atoms with Gasteiger partial charge in [0.15, 0.2) is 0 Å². The standard InChI is InChI=1S/C11H16N4O2/c12-6-10(16)15-8-11(17)14-5-3-9-2-1-4-13-7-9/h1-2,4,7H,3,5-6,8,12H2,(H,14,17)(H,15,16). The third kappa shape index (κ3) is 5.62. The first kappa shape index (κ1) is 13.1. The number of hydrogen-bond donors (Lipinski definition) is 3. The molecule has 0 aliphatic rings. The number of carbonyl (C=O) groups is 2. The third-order valence-corrected chi connectivity index (χ3v) is 2.09. The summed E-state index contributed by atoms with van der Waals surface area (Å²) in [6.45, 7) is 0.370. The molecule has 0 atom stereocenters. The zero-order valence-electron chi connectivity index (χ0n) is 9.48. The van der Waals surface area contributed by atoms with Crippen molar-refractivity contribution in [2.45, 2.75) is 6.42 Å². The van der Waals surface area contributed by atoms with E-state index in [4.69, 9.17) is 5.73 Å². The lowest BCUT2D eigenvalue weighted by atomic mass is 10.2. The Kier molecular flexibility index (Phi) is 5.67. The van der Waals surface area contributed by atoms with Crippen LogP contribution in [0.25, 0.3) is 0 Å². The number of pyridine rings is 1. The van der Waals surface area contributed by atoms with Gasteiger partial charge in [0.1, 0.15) is 0 Å². The van der Waals surface area contributed by atoms with Crippen LogP contribution in [-0.4, -0.2) is 36.4 Å². The zero-order chi connectivity index (χ0) is 12.5. The Bertz CT molecular complexity index is 367. The molecule has 0 aliphatic heterocycles. The van der Waals surface area contributed by atoms with Gasteiger partial charge in [0.2, 0.25) is 11.8 Å². The van der Waals surface area contributed by atoms with Crippen molar-refractivity contribution in [3.05, 3.63) is 30.1 Å². The molecule has 0 spiro atoms. The molecule has 6 nitrogen and oxygen atoms in total. The molecular weight excluding hydrogens is 220 g/mol. The molecule has 0 fully saturated rings. The second kappa shape index (κ2) is 7.34. The first-order valence-corrected chi connectivity index (χ1v) is 5.34. The van der Waals surface area contributed by atoms with Crippen LogP contribution in [0.3, 0.4) is 0 Å². The van der Waals surface area contributed by atoms with Gasteiger partial charge < -0.3 is 16.4 Å². The molecule has 0 saturated heterocycles. The number of aromatic nitrogens is 1. The minimum Gasteiger partial charge on any atom is -0.354 e. The van der Waals surface area contributed by atoms with E-state index in [-0.39, 0.29) is 24.9 Å². The van der Waals surface area contributed by atoms with Crippen molar-refractivity contribution < 1.29 is 9.59 Å². The summed E-state index contributed by atoms with van der Waals surface area (Å²) in [5, 5.41) is 5.08. The van der Waals surface area contributed by atoms with Gasteiger partial charge in [0.05, 0.1) is 13.1 Å².